The zero-order valence-electron chi connectivity index (χ0n) is 24.2. The summed E-state index contributed by atoms with van der Waals surface area (Å²) >= 11 is 0. The van der Waals surface area contributed by atoms with Crippen molar-refractivity contribution in [2.24, 2.45) is 0 Å². The lowest BCUT2D eigenvalue weighted by molar-refractivity contribution is 0.670. The highest BCUT2D eigenvalue weighted by atomic mass is 16.3. The van der Waals surface area contributed by atoms with Crippen molar-refractivity contribution >= 4 is 65.7 Å². The van der Waals surface area contributed by atoms with Crippen LogP contribution in [0.4, 0.5) is 0 Å². The van der Waals surface area contributed by atoms with E-state index in [1.54, 1.807) is 0 Å². The lowest BCUT2D eigenvalue weighted by atomic mass is 9.95. The van der Waals surface area contributed by atoms with Gasteiger partial charge in [-0.1, -0.05) is 97.1 Å². The van der Waals surface area contributed by atoms with Crippen LogP contribution >= 0.6 is 0 Å². The van der Waals surface area contributed by atoms with Crippen molar-refractivity contribution in [3.8, 4) is 27.9 Å². The summed E-state index contributed by atoms with van der Waals surface area (Å²) in [5.74, 6) is 0. The van der Waals surface area contributed by atoms with Crippen molar-refractivity contribution in [1.29, 1.82) is 0 Å². The Kier molecular flexibility index (Phi) is 5.00. The molecule has 0 aliphatic rings. The maximum Gasteiger partial charge on any atom is 0.145 e. The van der Waals surface area contributed by atoms with Gasteiger partial charge in [0.25, 0.3) is 0 Å². The largest absolute Gasteiger partial charge is 0.455 e. The molecule has 210 valence electrons. The molecule has 0 N–H and O–H groups in total. The second-order valence-electron chi connectivity index (χ2n) is 11.7. The summed E-state index contributed by atoms with van der Waals surface area (Å²) in [7, 11) is 0. The van der Waals surface area contributed by atoms with Gasteiger partial charge in [-0.2, -0.15) is 0 Å². The molecule has 0 amide bonds. The van der Waals surface area contributed by atoms with E-state index in [0.29, 0.717) is 0 Å². The van der Waals surface area contributed by atoms with Crippen LogP contribution in [0.25, 0.3) is 93.6 Å². The molecular formula is C42H25NO2. The first-order chi connectivity index (χ1) is 22.3. The highest BCUT2D eigenvalue weighted by molar-refractivity contribution is 6.23. The first kappa shape index (κ1) is 24.4. The first-order valence-corrected chi connectivity index (χ1v) is 15.3. The Labute approximate surface area is 258 Å². The van der Waals surface area contributed by atoms with Crippen LogP contribution in [0.3, 0.4) is 0 Å². The number of hydrogen-bond acceptors (Lipinski definition) is 2. The van der Waals surface area contributed by atoms with E-state index in [1.165, 1.54) is 5.39 Å². The molecule has 10 rings (SSSR count). The SMILES string of the molecule is c1ccc(-c2cc(-c3ccc(-n4c5ccccc5c5c6oc7ccccc7c6ccc54)cc3)cc3c2oc2ccccc23)cc1. The van der Waals surface area contributed by atoms with Crippen LogP contribution in [0, 0.1) is 0 Å². The molecule has 0 spiro atoms. The number of hydrogen-bond donors (Lipinski definition) is 0. The summed E-state index contributed by atoms with van der Waals surface area (Å²) in [5.41, 5.74) is 11.6. The Morgan fingerprint density at radius 3 is 1.80 bits per heavy atom. The zero-order valence-corrected chi connectivity index (χ0v) is 24.2. The second kappa shape index (κ2) is 9.22. The summed E-state index contributed by atoms with van der Waals surface area (Å²) in [6.07, 6.45) is 0. The second-order valence-corrected chi connectivity index (χ2v) is 11.7. The molecule has 0 aliphatic heterocycles. The Bertz CT molecular complexity index is 2740. The Morgan fingerprint density at radius 2 is 1.02 bits per heavy atom. The number of fused-ring (bicyclic) bond motifs is 10. The minimum absolute atomic E-state index is 0.905. The minimum Gasteiger partial charge on any atom is -0.455 e. The molecule has 10 aromatic rings. The summed E-state index contributed by atoms with van der Waals surface area (Å²) in [6, 6.07) is 53.6. The van der Waals surface area contributed by atoms with Crippen LogP contribution in [0.15, 0.2) is 160 Å². The van der Waals surface area contributed by atoms with Gasteiger partial charge in [-0.25, -0.2) is 0 Å². The van der Waals surface area contributed by atoms with E-state index in [-0.39, 0.29) is 0 Å². The van der Waals surface area contributed by atoms with E-state index in [4.69, 9.17) is 8.83 Å². The van der Waals surface area contributed by atoms with Gasteiger partial charge < -0.3 is 13.4 Å². The fourth-order valence-corrected chi connectivity index (χ4v) is 7.14. The third kappa shape index (κ3) is 3.52. The van der Waals surface area contributed by atoms with Crippen molar-refractivity contribution in [1.82, 2.24) is 4.57 Å². The number of furan rings is 2. The molecule has 0 radical (unpaired) electrons. The van der Waals surface area contributed by atoms with Crippen molar-refractivity contribution in [2.75, 3.05) is 0 Å². The van der Waals surface area contributed by atoms with Crippen LogP contribution in [-0.2, 0) is 0 Å². The smallest absolute Gasteiger partial charge is 0.145 e. The number of benzene rings is 7. The Balaban J connectivity index is 1.17. The van der Waals surface area contributed by atoms with E-state index in [9.17, 15) is 0 Å². The molecule has 3 nitrogen and oxygen atoms in total. The third-order valence-corrected chi connectivity index (χ3v) is 9.20. The molecular weight excluding hydrogens is 550 g/mol. The molecule has 0 bridgehead atoms. The molecule has 3 heteroatoms. The number of para-hydroxylation sites is 3. The van der Waals surface area contributed by atoms with E-state index in [1.807, 2.05) is 24.3 Å². The summed E-state index contributed by atoms with van der Waals surface area (Å²) < 4.78 is 15.3. The maximum atomic E-state index is 6.49. The van der Waals surface area contributed by atoms with Crippen LogP contribution in [0.1, 0.15) is 0 Å². The fourth-order valence-electron chi connectivity index (χ4n) is 7.14. The molecule has 0 atom stereocenters. The van der Waals surface area contributed by atoms with Gasteiger partial charge in [0.05, 0.1) is 16.4 Å². The summed E-state index contributed by atoms with van der Waals surface area (Å²) in [6.45, 7) is 0. The van der Waals surface area contributed by atoms with Crippen LogP contribution < -0.4 is 0 Å². The summed E-state index contributed by atoms with van der Waals surface area (Å²) in [5, 5.41) is 6.88. The van der Waals surface area contributed by atoms with Gasteiger partial charge in [0.1, 0.15) is 22.3 Å². The predicted molar refractivity (Wildman–Crippen MR) is 186 cm³/mol. The molecule has 3 aromatic heterocycles. The topological polar surface area (TPSA) is 31.2 Å². The number of nitrogens with zero attached hydrogens (tertiary/aromatic N) is 1. The lowest BCUT2D eigenvalue weighted by Gasteiger charge is -2.11. The Morgan fingerprint density at radius 1 is 0.378 bits per heavy atom. The van der Waals surface area contributed by atoms with Crippen LogP contribution in [-0.4, -0.2) is 4.57 Å². The molecule has 7 aromatic carbocycles. The van der Waals surface area contributed by atoms with Crippen molar-refractivity contribution in [2.45, 2.75) is 0 Å². The van der Waals surface area contributed by atoms with Crippen LogP contribution in [0.2, 0.25) is 0 Å². The normalized spacial score (nSPS) is 12.0. The molecule has 3 heterocycles. The highest BCUT2D eigenvalue weighted by Gasteiger charge is 2.19. The van der Waals surface area contributed by atoms with Gasteiger partial charge in [0.15, 0.2) is 0 Å². The van der Waals surface area contributed by atoms with Gasteiger partial charge in [0.2, 0.25) is 0 Å². The van der Waals surface area contributed by atoms with Crippen molar-refractivity contribution in [3.05, 3.63) is 152 Å². The predicted octanol–water partition coefficient (Wildman–Crippen LogP) is 11.9. The van der Waals surface area contributed by atoms with Crippen molar-refractivity contribution in [3.63, 3.8) is 0 Å². The molecule has 0 saturated heterocycles. The molecule has 0 unspecified atom stereocenters. The summed E-state index contributed by atoms with van der Waals surface area (Å²) in [4.78, 5) is 0. The molecule has 0 saturated carbocycles. The quantitative estimate of drug-likeness (QED) is 0.210. The van der Waals surface area contributed by atoms with Gasteiger partial charge in [-0.15, -0.1) is 0 Å². The van der Waals surface area contributed by atoms with Gasteiger partial charge in [-0.05, 0) is 71.3 Å². The molecule has 0 aliphatic carbocycles. The van der Waals surface area contributed by atoms with Crippen LogP contribution in [0.5, 0.6) is 0 Å². The van der Waals surface area contributed by atoms with Gasteiger partial charge >= 0.3 is 0 Å². The Hall–Kier alpha value is -6.06. The lowest BCUT2D eigenvalue weighted by Crippen LogP contribution is -1.93. The monoisotopic (exact) mass is 575 g/mol. The fraction of sp³-hybridized carbons (Fsp3) is 0. The highest BCUT2D eigenvalue weighted by Crippen LogP contribution is 2.42. The minimum atomic E-state index is 0.905. The molecule has 45 heavy (non-hydrogen) atoms. The zero-order chi connectivity index (χ0) is 29.5. The van der Waals surface area contributed by atoms with E-state index >= 15 is 0 Å². The number of rotatable bonds is 3. The van der Waals surface area contributed by atoms with E-state index in [2.05, 4.69) is 132 Å². The average Bonchev–Trinajstić information content (AvgIpc) is 3.78. The third-order valence-electron chi connectivity index (χ3n) is 9.20. The first-order valence-electron chi connectivity index (χ1n) is 15.3. The maximum absolute atomic E-state index is 6.49. The average molecular weight is 576 g/mol. The number of aromatic nitrogens is 1. The van der Waals surface area contributed by atoms with Crippen molar-refractivity contribution < 1.29 is 8.83 Å². The molecule has 0 fully saturated rings. The standard InChI is InChI=1S/C42H25NO2/c1-2-10-27(11-3-1)34-24-28(25-35-31-13-6-9-17-39(31)44-41(34)35)26-18-20-29(21-19-26)43-36-15-7-4-14-33(36)40-37(43)23-22-32-30-12-5-8-16-38(30)45-42(32)40/h1-25H. The van der Waals surface area contributed by atoms with Gasteiger partial charge in [-0.3, -0.25) is 0 Å². The van der Waals surface area contributed by atoms with E-state index in [0.717, 1.165) is 88.2 Å². The van der Waals surface area contributed by atoms with Gasteiger partial charge in [0, 0.05) is 38.2 Å². The van der Waals surface area contributed by atoms with E-state index < -0.39 is 0 Å².